The van der Waals surface area contributed by atoms with E-state index in [0.29, 0.717) is 18.0 Å². The Morgan fingerprint density at radius 2 is 2.00 bits per heavy atom. The normalized spacial score (nSPS) is 11.6. The first kappa shape index (κ1) is 12.9. The summed E-state index contributed by atoms with van der Waals surface area (Å²) in [6, 6.07) is 13.3. The highest BCUT2D eigenvalue weighted by Crippen LogP contribution is 2.24. The van der Waals surface area contributed by atoms with Crippen molar-refractivity contribution in [1.29, 1.82) is 5.26 Å². The van der Waals surface area contributed by atoms with Gasteiger partial charge in [-0.05, 0) is 36.8 Å². The van der Waals surface area contributed by atoms with Gasteiger partial charge in [-0.2, -0.15) is 5.26 Å². The van der Waals surface area contributed by atoms with Crippen LogP contribution in [0.2, 0.25) is 0 Å². The van der Waals surface area contributed by atoms with E-state index in [4.69, 9.17) is 10.5 Å². The third-order valence-electron chi connectivity index (χ3n) is 2.76. The smallest absolute Gasteiger partial charge is 0.119 e. The van der Waals surface area contributed by atoms with Gasteiger partial charge in [0.15, 0.2) is 0 Å². The van der Waals surface area contributed by atoms with Crippen LogP contribution in [-0.4, -0.2) is 11.6 Å². The molecule has 96 valence electrons. The molecule has 1 unspecified atom stereocenters. The Bertz CT molecular complexity index is 570. The van der Waals surface area contributed by atoms with Crippen LogP contribution in [0.5, 0.6) is 5.75 Å². The molecule has 0 aliphatic rings. The Kier molecular flexibility index (Phi) is 3.99. The summed E-state index contributed by atoms with van der Waals surface area (Å²) in [6.45, 7) is 2.56. The Labute approximate surface area is 112 Å². The SMILES string of the molecule is CCOc1ccc(C(C#N)c2ccc(N)cn2)cc1. The van der Waals surface area contributed by atoms with Gasteiger partial charge >= 0.3 is 0 Å². The van der Waals surface area contributed by atoms with Crippen LogP contribution in [0.15, 0.2) is 42.6 Å². The lowest BCUT2D eigenvalue weighted by molar-refractivity contribution is 0.340. The zero-order valence-electron chi connectivity index (χ0n) is 10.7. The molecule has 4 nitrogen and oxygen atoms in total. The van der Waals surface area contributed by atoms with Crippen molar-refractivity contribution in [2.45, 2.75) is 12.8 Å². The lowest BCUT2D eigenvalue weighted by Crippen LogP contribution is -2.02. The van der Waals surface area contributed by atoms with Gasteiger partial charge in [-0.25, -0.2) is 0 Å². The lowest BCUT2D eigenvalue weighted by Gasteiger charge is -2.10. The Balaban J connectivity index is 2.27. The van der Waals surface area contributed by atoms with Crippen LogP contribution in [-0.2, 0) is 0 Å². The Hall–Kier alpha value is -2.54. The minimum absolute atomic E-state index is 0.392. The number of ether oxygens (including phenoxy) is 1. The van der Waals surface area contributed by atoms with Crippen LogP contribution >= 0.6 is 0 Å². The quantitative estimate of drug-likeness (QED) is 0.909. The van der Waals surface area contributed by atoms with Crippen molar-refractivity contribution >= 4 is 5.69 Å². The summed E-state index contributed by atoms with van der Waals surface area (Å²) in [5, 5.41) is 9.32. The van der Waals surface area contributed by atoms with Crippen LogP contribution in [0.25, 0.3) is 0 Å². The van der Waals surface area contributed by atoms with Gasteiger partial charge < -0.3 is 10.5 Å². The first-order valence-electron chi connectivity index (χ1n) is 6.08. The number of nitriles is 1. The molecule has 0 saturated carbocycles. The molecule has 0 bridgehead atoms. The highest BCUT2D eigenvalue weighted by atomic mass is 16.5. The van der Waals surface area contributed by atoms with Crippen LogP contribution in [0, 0.1) is 11.3 Å². The molecule has 4 heteroatoms. The molecular formula is C15H15N3O. The van der Waals surface area contributed by atoms with Crippen LogP contribution in [0.3, 0.4) is 0 Å². The zero-order valence-corrected chi connectivity index (χ0v) is 10.7. The van der Waals surface area contributed by atoms with E-state index >= 15 is 0 Å². The minimum Gasteiger partial charge on any atom is -0.494 e. The highest BCUT2D eigenvalue weighted by Gasteiger charge is 2.14. The number of nitrogens with two attached hydrogens (primary N) is 1. The third-order valence-corrected chi connectivity index (χ3v) is 2.76. The van der Waals surface area contributed by atoms with Crippen molar-refractivity contribution in [1.82, 2.24) is 4.98 Å². The molecule has 1 aromatic heterocycles. The van der Waals surface area contributed by atoms with E-state index in [-0.39, 0.29) is 0 Å². The van der Waals surface area contributed by atoms with Crippen LogP contribution < -0.4 is 10.5 Å². The van der Waals surface area contributed by atoms with Gasteiger partial charge in [0, 0.05) is 0 Å². The maximum absolute atomic E-state index is 9.32. The summed E-state index contributed by atoms with van der Waals surface area (Å²) in [5.41, 5.74) is 7.78. The maximum atomic E-state index is 9.32. The minimum atomic E-state index is -0.392. The molecule has 19 heavy (non-hydrogen) atoms. The number of benzene rings is 1. The highest BCUT2D eigenvalue weighted by molar-refractivity contribution is 5.41. The second-order valence-corrected chi connectivity index (χ2v) is 4.08. The summed E-state index contributed by atoms with van der Waals surface area (Å²) < 4.78 is 5.38. The van der Waals surface area contributed by atoms with Crippen molar-refractivity contribution in [2.24, 2.45) is 0 Å². The number of nitrogens with zero attached hydrogens (tertiary/aromatic N) is 2. The standard InChI is InChI=1S/C15H15N3O/c1-2-19-13-6-3-11(4-7-13)14(9-16)15-8-5-12(17)10-18-15/h3-8,10,14H,2,17H2,1H3. The lowest BCUT2D eigenvalue weighted by atomic mass is 9.96. The summed E-state index contributed by atoms with van der Waals surface area (Å²) in [7, 11) is 0. The summed E-state index contributed by atoms with van der Waals surface area (Å²) in [4.78, 5) is 4.21. The van der Waals surface area contributed by atoms with E-state index in [1.54, 1.807) is 18.3 Å². The van der Waals surface area contributed by atoms with Gasteiger partial charge in [-0.15, -0.1) is 0 Å². The van der Waals surface area contributed by atoms with E-state index < -0.39 is 5.92 Å². The number of nitrogen functional groups attached to an aromatic ring is 1. The molecular weight excluding hydrogens is 238 g/mol. The van der Waals surface area contributed by atoms with Gasteiger partial charge in [0.25, 0.3) is 0 Å². The predicted molar refractivity (Wildman–Crippen MR) is 73.7 cm³/mol. The van der Waals surface area contributed by atoms with Crippen LogP contribution in [0.1, 0.15) is 24.1 Å². The van der Waals surface area contributed by atoms with E-state index in [0.717, 1.165) is 11.3 Å². The van der Waals surface area contributed by atoms with E-state index in [1.165, 1.54) is 0 Å². The van der Waals surface area contributed by atoms with Crippen molar-refractivity contribution in [3.63, 3.8) is 0 Å². The number of rotatable bonds is 4. The third kappa shape index (κ3) is 3.02. The second-order valence-electron chi connectivity index (χ2n) is 4.08. The first-order valence-corrected chi connectivity index (χ1v) is 6.08. The molecule has 0 spiro atoms. The largest absolute Gasteiger partial charge is 0.494 e. The van der Waals surface area contributed by atoms with Gasteiger partial charge in [-0.3, -0.25) is 4.98 Å². The molecule has 2 aromatic rings. The van der Waals surface area contributed by atoms with E-state index in [2.05, 4.69) is 11.1 Å². The fraction of sp³-hybridized carbons (Fsp3) is 0.200. The fourth-order valence-corrected chi connectivity index (χ4v) is 1.82. The molecule has 2 N–H and O–H groups in total. The molecule has 0 saturated heterocycles. The number of aromatic nitrogens is 1. The molecule has 0 radical (unpaired) electrons. The van der Waals surface area contributed by atoms with Gasteiger partial charge in [0.1, 0.15) is 11.7 Å². The number of hydrogen-bond acceptors (Lipinski definition) is 4. The van der Waals surface area contributed by atoms with Crippen molar-refractivity contribution < 1.29 is 4.74 Å². The molecule has 0 fully saturated rings. The first-order chi connectivity index (χ1) is 9.24. The molecule has 1 aromatic carbocycles. The molecule has 1 atom stereocenters. The topological polar surface area (TPSA) is 71.9 Å². The van der Waals surface area contributed by atoms with E-state index in [9.17, 15) is 5.26 Å². The summed E-state index contributed by atoms with van der Waals surface area (Å²) >= 11 is 0. The van der Waals surface area contributed by atoms with Gasteiger partial charge in [0.2, 0.25) is 0 Å². The van der Waals surface area contributed by atoms with Gasteiger partial charge in [0.05, 0.1) is 30.3 Å². The zero-order chi connectivity index (χ0) is 13.7. The van der Waals surface area contributed by atoms with Crippen molar-refractivity contribution in [3.8, 4) is 11.8 Å². The fourth-order valence-electron chi connectivity index (χ4n) is 1.82. The average Bonchev–Trinajstić information content (AvgIpc) is 2.44. The molecule has 0 amide bonds. The van der Waals surface area contributed by atoms with Crippen LogP contribution in [0.4, 0.5) is 5.69 Å². The summed E-state index contributed by atoms with van der Waals surface area (Å²) in [6.07, 6.45) is 1.56. The second kappa shape index (κ2) is 5.87. The maximum Gasteiger partial charge on any atom is 0.119 e. The molecule has 2 rings (SSSR count). The Morgan fingerprint density at radius 1 is 1.26 bits per heavy atom. The number of anilines is 1. The van der Waals surface area contributed by atoms with Crippen molar-refractivity contribution in [3.05, 3.63) is 53.9 Å². The number of pyridine rings is 1. The predicted octanol–water partition coefficient (Wildman–Crippen LogP) is 2.72. The van der Waals surface area contributed by atoms with Gasteiger partial charge in [-0.1, -0.05) is 12.1 Å². The monoisotopic (exact) mass is 253 g/mol. The van der Waals surface area contributed by atoms with Crippen molar-refractivity contribution in [2.75, 3.05) is 12.3 Å². The molecule has 1 heterocycles. The molecule has 0 aliphatic carbocycles. The average molecular weight is 253 g/mol. The summed E-state index contributed by atoms with van der Waals surface area (Å²) in [5.74, 6) is 0.407. The molecule has 0 aliphatic heterocycles. The van der Waals surface area contributed by atoms with E-state index in [1.807, 2.05) is 31.2 Å². The Morgan fingerprint density at radius 3 is 2.53 bits per heavy atom. The number of hydrogen-bond donors (Lipinski definition) is 1.